The summed E-state index contributed by atoms with van der Waals surface area (Å²) >= 11 is 6.17. The Morgan fingerprint density at radius 2 is 1.71 bits per heavy atom. The van der Waals surface area contributed by atoms with Gasteiger partial charge in [0.25, 0.3) is 0 Å². The average molecular weight is 219 g/mol. The van der Waals surface area contributed by atoms with Crippen LogP contribution in [0.5, 0.6) is 0 Å². The molecule has 0 bridgehead atoms. The lowest BCUT2D eigenvalue weighted by Crippen LogP contribution is -2.35. The fraction of sp³-hybridized carbons (Fsp3) is 1.00. The van der Waals surface area contributed by atoms with Crippen molar-refractivity contribution in [3.63, 3.8) is 0 Å². The molecule has 3 atom stereocenters. The van der Waals surface area contributed by atoms with Gasteiger partial charge in [0, 0.05) is 5.38 Å². The van der Waals surface area contributed by atoms with E-state index in [0.717, 1.165) is 6.42 Å². The van der Waals surface area contributed by atoms with E-state index in [9.17, 15) is 0 Å². The van der Waals surface area contributed by atoms with Gasteiger partial charge in [-0.2, -0.15) is 0 Å². The maximum absolute atomic E-state index is 6.17. The fourth-order valence-corrected chi connectivity index (χ4v) is 2.92. The molecule has 0 aromatic carbocycles. The van der Waals surface area contributed by atoms with E-state index in [1.54, 1.807) is 0 Å². The van der Waals surface area contributed by atoms with Crippen molar-refractivity contribution in [2.45, 2.75) is 64.5 Å². The molecule has 0 spiro atoms. The molecule has 1 fully saturated rings. The molecule has 0 aliphatic carbocycles. The Morgan fingerprint density at radius 3 is 2.00 bits per heavy atom. The molecule has 0 aromatic heterocycles. The van der Waals surface area contributed by atoms with Crippen molar-refractivity contribution in [1.82, 2.24) is 0 Å². The van der Waals surface area contributed by atoms with Crippen molar-refractivity contribution >= 4 is 11.6 Å². The average Bonchev–Trinajstić information content (AvgIpc) is 2.17. The quantitative estimate of drug-likeness (QED) is 0.640. The zero-order valence-corrected chi connectivity index (χ0v) is 11.0. The predicted octanol–water partition coefficient (Wildman–Crippen LogP) is 3.84. The first kappa shape index (κ1) is 12.3. The summed E-state index contributed by atoms with van der Waals surface area (Å²) in [5, 5.41) is 0.219. The largest absolute Gasteiger partial charge is 0.369 e. The van der Waals surface area contributed by atoms with Crippen LogP contribution >= 0.6 is 11.6 Å². The molecule has 1 aliphatic heterocycles. The van der Waals surface area contributed by atoms with E-state index in [4.69, 9.17) is 16.3 Å². The summed E-state index contributed by atoms with van der Waals surface area (Å²) in [6.07, 6.45) is 1.11. The van der Waals surface area contributed by atoms with Crippen LogP contribution in [0, 0.1) is 11.8 Å². The normalized spacial score (nSPS) is 34.1. The molecule has 1 aliphatic rings. The van der Waals surface area contributed by atoms with E-state index in [-0.39, 0.29) is 16.6 Å². The molecular weight excluding hydrogens is 196 g/mol. The van der Waals surface area contributed by atoms with Gasteiger partial charge in [0.05, 0.1) is 11.2 Å². The number of ether oxygens (including phenoxy) is 1. The number of rotatable bonds is 2. The number of hydrogen-bond donors (Lipinski definition) is 0. The number of halogens is 1. The molecule has 84 valence electrons. The van der Waals surface area contributed by atoms with Crippen molar-refractivity contribution in [3.8, 4) is 0 Å². The van der Waals surface area contributed by atoms with Crippen molar-refractivity contribution in [2.24, 2.45) is 11.8 Å². The molecule has 1 rings (SSSR count). The van der Waals surface area contributed by atoms with Gasteiger partial charge in [0.2, 0.25) is 0 Å². The summed E-state index contributed by atoms with van der Waals surface area (Å²) in [6, 6.07) is 0. The molecule has 0 radical (unpaired) electrons. The second-order valence-corrected chi connectivity index (χ2v) is 6.50. The molecule has 0 N–H and O–H groups in total. The van der Waals surface area contributed by atoms with Crippen molar-refractivity contribution < 1.29 is 4.74 Å². The molecule has 0 saturated carbocycles. The third kappa shape index (κ3) is 2.43. The lowest BCUT2D eigenvalue weighted by molar-refractivity contribution is -0.0792. The van der Waals surface area contributed by atoms with Crippen LogP contribution in [-0.4, -0.2) is 16.6 Å². The van der Waals surface area contributed by atoms with Crippen LogP contribution in [0.1, 0.15) is 48.0 Å². The zero-order chi connectivity index (χ0) is 11.1. The van der Waals surface area contributed by atoms with Crippen LogP contribution < -0.4 is 0 Å². The standard InChI is InChI=1S/C12H23ClO/c1-8(9(2)13)10-7-11(3,4)14-12(10,5)6/h8-10H,7H2,1-6H3. The molecule has 1 saturated heterocycles. The van der Waals surface area contributed by atoms with E-state index in [2.05, 4.69) is 41.5 Å². The maximum Gasteiger partial charge on any atom is 0.0665 e. The van der Waals surface area contributed by atoms with Crippen molar-refractivity contribution in [2.75, 3.05) is 0 Å². The Kier molecular flexibility index (Phi) is 3.24. The second kappa shape index (κ2) is 3.68. The van der Waals surface area contributed by atoms with Crippen LogP contribution in [0.25, 0.3) is 0 Å². The van der Waals surface area contributed by atoms with E-state index in [0.29, 0.717) is 11.8 Å². The van der Waals surface area contributed by atoms with E-state index in [1.165, 1.54) is 0 Å². The van der Waals surface area contributed by atoms with Crippen LogP contribution in [-0.2, 0) is 4.74 Å². The smallest absolute Gasteiger partial charge is 0.0665 e. The third-order valence-corrected chi connectivity index (χ3v) is 3.90. The summed E-state index contributed by atoms with van der Waals surface area (Å²) in [4.78, 5) is 0. The van der Waals surface area contributed by atoms with Gasteiger partial charge < -0.3 is 4.74 Å². The van der Waals surface area contributed by atoms with Crippen LogP contribution in [0.15, 0.2) is 0 Å². The third-order valence-electron chi connectivity index (χ3n) is 3.50. The summed E-state index contributed by atoms with van der Waals surface area (Å²) in [6.45, 7) is 13.0. The summed E-state index contributed by atoms with van der Waals surface area (Å²) in [7, 11) is 0. The van der Waals surface area contributed by atoms with E-state index < -0.39 is 0 Å². The Hall–Kier alpha value is 0.250. The summed E-state index contributed by atoms with van der Waals surface area (Å²) in [5.74, 6) is 1.07. The zero-order valence-electron chi connectivity index (χ0n) is 10.2. The predicted molar refractivity (Wildman–Crippen MR) is 61.8 cm³/mol. The maximum atomic E-state index is 6.17. The lowest BCUT2D eigenvalue weighted by atomic mass is 9.77. The Balaban J connectivity index is 2.80. The van der Waals surface area contributed by atoms with Gasteiger partial charge in [-0.25, -0.2) is 0 Å². The highest BCUT2D eigenvalue weighted by atomic mass is 35.5. The Labute approximate surface area is 93.2 Å². The molecule has 2 heteroatoms. The van der Waals surface area contributed by atoms with Crippen LogP contribution in [0.4, 0.5) is 0 Å². The van der Waals surface area contributed by atoms with Gasteiger partial charge in [-0.15, -0.1) is 11.6 Å². The van der Waals surface area contributed by atoms with Gasteiger partial charge in [0.15, 0.2) is 0 Å². The Bertz CT molecular complexity index is 208. The monoisotopic (exact) mass is 218 g/mol. The van der Waals surface area contributed by atoms with Gasteiger partial charge in [-0.3, -0.25) is 0 Å². The first-order valence-corrected chi connectivity index (χ1v) is 5.93. The van der Waals surface area contributed by atoms with Crippen molar-refractivity contribution in [1.29, 1.82) is 0 Å². The molecule has 14 heavy (non-hydrogen) atoms. The van der Waals surface area contributed by atoms with Gasteiger partial charge in [0.1, 0.15) is 0 Å². The molecule has 1 nitrogen and oxygen atoms in total. The minimum Gasteiger partial charge on any atom is -0.369 e. The summed E-state index contributed by atoms with van der Waals surface area (Å²) in [5.41, 5.74) is -0.0275. The van der Waals surface area contributed by atoms with Crippen LogP contribution in [0.2, 0.25) is 0 Å². The van der Waals surface area contributed by atoms with Gasteiger partial charge in [-0.05, 0) is 52.9 Å². The molecule has 1 heterocycles. The number of hydrogen-bond acceptors (Lipinski definition) is 1. The number of alkyl halides is 1. The minimum absolute atomic E-state index is 0.00814. The summed E-state index contributed by atoms with van der Waals surface area (Å²) < 4.78 is 6.06. The van der Waals surface area contributed by atoms with Gasteiger partial charge in [-0.1, -0.05) is 6.92 Å². The topological polar surface area (TPSA) is 9.23 Å². The SMILES string of the molecule is CC(Cl)C(C)C1CC(C)(C)OC1(C)C. The first-order chi connectivity index (χ1) is 6.16. The molecular formula is C12H23ClO. The highest BCUT2D eigenvalue weighted by Gasteiger charge is 2.48. The van der Waals surface area contributed by atoms with E-state index >= 15 is 0 Å². The highest BCUT2D eigenvalue weighted by Crippen LogP contribution is 2.46. The first-order valence-electron chi connectivity index (χ1n) is 5.50. The molecule has 0 aromatic rings. The minimum atomic E-state index is -0.0356. The molecule has 0 amide bonds. The Morgan fingerprint density at radius 1 is 1.21 bits per heavy atom. The lowest BCUT2D eigenvalue weighted by Gasteiger charge is -2.32. The van der Waals surface area contributed by atoms with E-state index in [1.807, 2.05) is 0 Å². The molecule has 3 unspecified atom stereocenters. The second-order valence-electron chi connectivity index (χ2n) is 5.81. The fourth-order valence-electron chi connectivity index (χ4n) is 2.74. The van der Waals surface area contributed by atoms with Crippen molar-refractivity contribution in [3.05, 3.63) is 0 Å². The van der Waals surface area contributed by atoms with Gasteiger partial charge >= 0.3 is 0 Å². The van der Waals surface area contributed by atoms with Crippen LogP contribution in [0.3, 0.4) is 0 Å². The highest BCUT2D eigenvalue weighted by molar-refractivity contribution is 6.20.